The number of imide groups is 2. The Hall–Kier alpha value is -3.92. The lowest BCUT2D eigenvalue weighted by Crippen LogP contribution is -2.60. The van der Waals surface area contributed by atoms with Crippen molar-refractivity contribution in [2.75, 3.05) is 16.9 Å². The number of allylic oxidation sites excluding steroid dienone is 2. The number of rotatable bonds is 4. The van der Waals surface area contributed by atoms with E-state index in [4.69, 9.17) is 39.5 Å². The smallest absolute Gasteiger partial charge is 0.258 e. The number of carbonyl (C=O) groups is 4. The highest BCUT2D eigenvalue weighted by atomic mass is 35.5. The molecule has 2 saturated heterocycles. The molecule has 4 amide bonds. The standard InChI is InChI=1S/C34H26Cl3FN2O6/c1-16-3-6-19(13-25(16)35)39-29(42)22-11-10-21-24(27(22)30(39)43)15-33(36)31(44)40(18-7-4-17(38)5-8-18)32(45)34(33,37)28(21)23-14-20(46-2)9-12-26(23)41/h3-10,12-14,22,24,27-28,41H,11,15H2,1-2H3/t22-,24+,27-,28+,33+,34-/m0/s1. The van der Waals surface area contributed by atoms with Crippen LogP contribution in [-0.4, -0.2) is 45.6 Å². The van der Waals surface area contributed by atoms with Crippen LogP contribution >= 0.6 is 34.8 Å². The Morgan fingerprint density at radius 3 is 2.26 bits per heavy atom. The van der Waals surface area contributed by atoms with Crippen molar-refractivity contribution < 1.29 is 33.4 Å². The first-order valence-electron chi connectivity index (χ1n) is 14.6. The van der Waals surface area contributed by atoms with Crippen LogP contribution in [0.4, 0.5) is 15.8 Å². The molecule has 4 aliphatic rings. The van der Waals surface area contributed by atoms with E-state index in [0.29, 0.717) is 22.0 Å². The molecule has 12 heteroatoms. The van der Waals surface area contributed by atoms with Crippen molar-refractivity contribution in [3.05, 3.63) is 94.3 Å². The van der Waals surface area contributed by atoms with Gasteiger partial charge < -0.3 is 9.84 Å². The fourth-order valence-electron chi connectivity index (χ4n) is 7.61. The third-order valence-electron chi connectivity index (χ3n) is 9.86. The molecular weight excluding hydrogens is 658 g/mol. The number of nitrogens with zero attached hydrogens (tertiary/aromatic N) is 2. The summed E-state index contributed by atoms with van der Waals surface area (Å²) in [6.07, 6.45) is 1.66. The van der Waals surface area contributed by atoms with E-state index in [-0.39, 0.29) is 29.8 Å². The molecule has 8 nitrogen and oxygen atoms in total. The Kier molecular flexibility index (Phi) is 7.05. The van der Waals surface area contributed by atoms with E-state index >= 15 is 0 Å². The van der Waals surface area contributed by atoms with Crippen molar-refractivity contribution in [2.24, 2.45) is 17.8 Å². The molecule has 46 heavy (non-hydrogen) atoms. The second-order valence-corrected chi connectivity index (χ2v) is 13.8. The highest BCUT2D eigenvalue weighted by Crippen LogP contribution is 2.66. The number of carbonyl (C=O) groups excluding carboxylic acids is 4. The summed E-state index contributed by atoms with van der Waals surface area (Å²) in [5, 5.41) is 11.6. The van der Waals surface area contributed by atoms with Gasteiger partial charge in [-0.05, 0) is 85.8 Å². The Labute approximate surface area is 278 Å². The number of benzene rings is 3. The number of methoxy groups -OCH3 is 1. The average Bonchev–Trinajstić information content (AvgIpc) is 3.37. The number of phenolic OH excluding ortho intramolecular Hbond substituents is 1. The van der Waals surface area contributed by atoms with Crippen LogP contribution < -0.4 is 14.5 Å². The van der Waals surface area contributed by atoms with Crippen molar-refractivity contribution in [3.8, 4) is 11.5 Å². The normalized spacial score (nSPS) is 30.3. The van der Waals surface area contributed by atoms with E-state index in [1.54, 1.807) is 31.2 Å². The molecule has 1 N–H and O–H groups in total. The molecule has 0 spiro atoms. The van der Waals surface area contributed by atoms with Crippen molar-refractivity contribution in [1.82, 2.24) is 0 Å². The Morgan fingerprint density at radius 1 is 0.891 bits per heavy atom. The first-order valence-corrected chi connectivity index (χ1v) is 15.7. The quantitative estimate of drug-likeness (QED) is 0.198. The SMILES string of the molecule is COc1ccc(O)c([C@H]2C3=CC[C@@H]4C(=O)N(c5ccc(C)c(Cl)c5)C(=O)[C@@H]4[C@@H]3C[C@@]3(Cl)C(=O)N(c4ccc(F)cc4)C(=O)[C@@]23Cl)c1. The molecule has 0 aromatic heterocycles. The van der Waals surface area contributed by atoms with E-state index < -0.39 is 62.9 Å². The van der Waals surface area contributed by atoms with E-state index in [1.165, 1.54) is 37.4 Å². The maximum absolute atomic E-state index is 14.4. The summed E-state index contributed by atoms with van der Waals surface area (Å²) in [6, 6.07) is 14.1. The van der Waals surface area contributed by atoms with Crippen molar-refractivity contribution in [2.45, 2.75) is 35.4 Å². The number of anilines is 2. The van der Waals surface area contributed by atoms with Gasteiger partial charge in [-0.3, -0.25) is 19.2 Å². The summed E-state index contributed by atoms with van der Waals surface area (Å²) < 4.78 is 19.3. The first kappa shape index (κ1) is 30.7. The minimum Gasteiger partial charge on any atom is -0.508 e. The molecule has 0 bridgehead atoms. The van der Waals surface area contributed by atoms with Gasteiger partial charge in [0.05, 0.1) is 30.3 Å². The second-order valence-electron chi connectivity index (χ2n) is 12.1. The molecular formula is C34H26Cl3FN2O6. The maximum atomic E-state index is 14.4. The largest absolute Gasteiger partial charge is 0.508 e. The molecule has 6 atom stereocenters. The number of phenols is 1. The number of halogens is 4. The van der Waals surface area contributed by atoms with Crippen LogP contribution in [0.15, 0.2) is 72.3 Å². The second kappa shape index (κ2) is 10.6. The van der Waals surface area contributed by atoms with Gasteiger partial charge >= 0.3 is 0 Å². The van der Waals surface area contributed by atoms with Gasteiger partial charge in [-0.15, -0.1) is 23.2 Å². The summed E-state index contributed by atoms with van der Waals surface area (Å²) in [5.41, 5.74) is 1.82. The summed E-state index contributed by atoms with van der Waals surface area (Å²) in [7, 11) is 1.43. The number of hydrogen-bond acceptors (Lipinski definition) is 6. The molecule has 0 unspecified atom stereocenters. The number of aromatic hydroxyl groups is 1. The van der Waals surface area contributed by atoms with Crippen LogP contribution in [0.25, 0.3) is 0 Å². The zero-order chi connectivity index (χ0) is 32.9. The lowest BCUT2D eigenvalue weighted by molar-refractivity contribution is -0.125. The number of fused-ring (bicyclic) bond motifs is 4. The first-order chi connectivity index (χ1) is 21.8. The van der Waals surface area contributed by atoms with E-state index in [9.17, 15) is 28.7 Å². The van der Waals surface area contributed by atoms with Crippen molar-refractivity contribution >= 4 is 69.8 Å². The van der Waals surface area contributed by atoms with Gasteiger partial charge in [0.2, 0.25) is 11.8 Å². The highest BCUT2D eigenvalue weighted by molar-refractivity contribution is 6.58. The van der Waals surface area contributed by atoms with Crippen LogP contribution in [0.3, 0.4) is 0 Å². The topological polar surface area (TPSA) is 104 Å². The van der Waals surface area contributed by atoms with Crippen LogP contribution in [0.5, 0.6) is 11.5 Å². The molecule has 3 aromatic carbocycles. The van der Waals surface area contributed by atoms with Gasteiger partial charge in [0, 0.05) is 16.5 Å². The average molecular weight is 684 g/mol. The lowest BCUT2D eigenvalue weighted by Gasteiger charge is -2.50. The summed E-state index contributed by atoms with van der Waals surface area (Å²) in [5.74, 6) is -6.84. The minimum atomic E-state index is -2.19. The van der Waals surface area contributed by atoms with Crippen LogP contribution in [0.2, 0.25) is 5.02 Å². The maximum Gasteiger partial charge on any atom is 0.258 e. The van der Waals surface area contributed by atoms with Gasteiger partial charge in [-0.25, -0.2) is 14.2 Å². The molecule has 7 rings (SSSR count). The van der Waals surface area contributed by atoms with Gasteiger partial charge in [0.25, 0.3) is 11.8 Å². The molecule has 2 aliphatic carbocycles. The fraction of sp³-hybridized carbons (Fsp3) is 0.294. The molecule has 2 aliphatic heterocycles. The number of amides is 4. The Morgan fingerprint density at radius 2 is 1.59 bits per heavy atom. The van der Waals surface area contributed by atoms with Crippen LogP contribution in [0, 0.1) is 30.5 Å². The Balaban J connectivity index is 1.41. The lowest BCUT2D eigenvalue weighted by atomic mass is 9.56. The number of aryl methyl sites for hydroxylation is 1. The van der Waals surface area contributed by atoms with Crippen molar-refractivity contribution in [1.29, 1.82) is 0 Å². The van der Waals surface area contributed by atoms with Crippen molar-refractivity contribution in [3.63, 3.8) is 0 Å². The summed E-state index contributed by atoms with van der Waals surface area (Å²) >= 11 is 21.1. The van der Waals surface area contributed by atoms with Gasteiger partial charge in [0.1, 0.15) is 17.3 Å². The van der Waals surface area contributed by atoms with Gasteiger partial charge in [0.15, 0.2) is 9.75 Å². The molecule has 1 saturated carbocycles. The summed E-state index contributed by atoms with van der Waals surface area (Å²) in [6.45, 7) is 1.80. The molecule has 2 heterocycles. The highest BCUT2D eigenvalue weighted by Gasteiger charge is 2.77. The van der Waals surface area contributed by atoms with Gasteiger partial charge in [-0.2, -0.15) is 0 Å². The number of alkyl halides is 2. The predicted molar refractivity (Wildman–Crippen MR) is 170 cm³/mol. The van der Waals surface area contributed by atoms with E-state index in [1.807, 2.05) is 0 Å². The minimum absolute atomic E-state index is 0.0591. The number of ether oxygens (including phenoxy) is 1. The number of hydrogen-bond donors (Lipinski definition) is 1. The van der Waals surface area contributed by atoms with E-state index in [2.05, 4.69) is 0 Å². The van der Waals surface area contributed by atoms with Crippen LogP contribution in [0.1, 0.15) is 29.9 Å². The zero-order valence-corrected chi connectivity index (χ0v) is 26.7. The zero-order valence-electron chi connectivity index (χ0n) is 24.5. The van der Waals surface area contributed by atoms with Gasteiger partial charge in [-0.1, -0.05) is 29.3 Å². The molecule has 236 valence electrons. The monoisotopic (exact) mass is 682 g/mol. The molecule has 3 fully saturated rings. The third kappa shape index (κ3) is 4.04. The van der Waals surface area contributed by atoms with E-state index in [0.717, 1.165) is 27.5 Å². The summed E-state index contributed by atoms with van der Waals surface area (Å²) in [4.78, 5) is 54.5. The third-order valence-corrected chi connectivity index (χ3v) is 11.7. The fourth-order valence-corrected chi connectivity index (χ4v) is 8.71. The predicted octanol–water partition coefficient (Wildman–Crippen LogP) is 6.27. The Bertz CT molecular complexity index is 1900. The van der Waals surface area contributed by atoms with Crippen LogP contribution in [-0.2, 0) is 19.2 Å². The molecule has 3 aromatic rings. The molecule has 0 radical (unpaired) electrons.